The largest absolute Gasteiger partial charge is 0.477 e. The summed E-state index contributed by atoms with van der Waals surface area (Å²) in [5, 5.41) is 8.32. The maximum absolute atomic E-state index is 12.8. The van der Waals surface area contributed by atoms with Crippen LogP contribution in [0.1, 0.15) is 111 Å². The number of hydrogen-bond acceptors (Lipinski definition) is 1. The van der Waals surface area contributed by atoms with E-state index in [2.05, 4.69) is 20.8 Å². The lowest BCUT2D eigenvalue weighted by atomic mass is 9.89. The molecule has 0 aliphatic carbocycles. The van der Waals surface area contributed by atoms with Crippen LogP contribution in [-0.2, 0) is 4.79 Å². The van der Waals surface area contributed by atoms with Crippen molar-refractivity contribution in [1.82, 2.24) is 0 Å². The SMILES string of the molecule is CC(C)(C)CCCCCCCCCCCCCCC(F)(F)C(=O)O. The van der Waals surface area contributed by atoms with E-state index in [-0.39, 0.29) is 0 Å². The fourth-order valence-electron chi connectivity index (χ4n) is 2.88. The molecule has 0 bridgehead atoms. The van der Waals surface area contributed by atoms with Crippen LogP contribution in [0.5, 0.6) is 0 Å². The number of carboxylic acid groups (broad SMARTS) is 1. The lowest BCUT2D eigenvalue weighted by Crippen LogP contribution is -2.27. The fraction of sp³-hybridized carbons (Fsp3) is 0.950. The summed E-state index contributed by atoms with van der Waals surface area (Å²) < 4.78 is 25.7. The highest BCUT2D eigenvalue weighted by atomic mass is 19.3. The van der Waals surface area contributed by atoms with Crippen molar-refractivity contribution in [3.05, 3.63) is 0 Å². The zero-order valence-electron chi connectivity index (χ0n) is 16.0. The van der Waals surface area contributed by atoms with E-state index in [0.29, 0.717) is 18.3 Å². The average molecular weight is 349 g/mol. The first kappa shape index (κ1) is 23.3. The second-order valence-corrected chi connectivity index (χ2v) is 8.31. The molecule has 0 unspecified atom stereocenters. The van der Waals surface area contributed by atoms with Gasteiger partial charge in [0.15, 0.2) is 0 Å². The quantitative estimate of drug-likeness (QED) is 0.317. The first-order valence-corrected chi connectivity index (χ1v) is 9.76. The molecule has 1 N–H and O–H groups in total. The van der Waals surface area contributed by atoms with Crippen molar-refractivity contribution in [2.24, 2.45) is 5.41 Å². The van der Waals surface area contributed by atoms with E-state index in [1.54, 1.807) is 0 Å². The Kier molecular flexibility index (Phi) is 12.3. The van der Waals surface area contributed by atoms with E-state index in [1.165, 1.54) is 57.8 Å². The fourth-order valence-corrected chi connectivity index (χ4v) is 2.88. The molecular formula is C20H38F2O2. The molecule has 4 heteroatoms. The van der Waals surface area contributed by atoms with Gasteiger partial charge in [0.05, 0.1) is 0 Å². The van der Waals surface area contributed by atoms with E-state index in [1.807, 2.05) is 0 Å². The van der Waals surface area contributed by atoms with Crippen LogP contribution in [0, 0.1) is 5.41 Å². The number of hydrogen-bond donors (Lipinski definition) is 1. The number of rotatable bonds is 15. The average Bonchev–Trinajstić information content (AvgIpc) is 2.46. The van der Waals surface area contributed by atoms with Gasteiger partial charge in [-0.15, -0.1) is 0 Å². The monoisotopic (exact) mass is 348 g/mol. The van der Waals surface area contributed by atoms with Crippen molar-refractivity contribution < 1.29 is 18.7 Å². The van der Waals surface area contributed by atoms with Crippen molar-refractivity contribution in [2.75, 3.05) is 0 Å². The van der Waals surface area contributed by atoms with Gasteiger partial charge in [-0.2, -0.15) is 8.78 Å². The second kappa shape index (κ2) is 12.7. The van der Waals surface area contributed by atoms with E-state index in [4.69, 9.17) is 5.11 Å². The maximum Gasteiger partial charge on any atom is 0.374 e. The molecule has 0 heterocycles. The zero-order valence-corrected chi connectivity index (χ0v) is 16.0. The van der Waals surface area contributed by atoms with Crippen LogP contribution in [0.4, 0.5) is 8.78 Å². The Balaban J connectivity index is 3.22. The number of unbranched alkanes of at least 4 members (excludes halogenated alkanes) is 11. The highest BCUT2D eigenvalue weighted by molar-refractivity contribution is 5.75. The molecule has 2 nitrogen and oxygen atoms in total. The van der Waals surface area contributed by atoms with Gasteiger partial charge < -0.3 is 5.11 Å². The molecule has 0 atom stereocenters. The summed E-state index contributed by atoms with van der Waals surface area (Å²) in [4.78, 5) is 10.3. The van der Waals surface area contributed by atoms with Gasteiger partial charge in [0.2, 0.25) is 0 Å². The Bertz CT molecular complexity index is 322. The lowest BCUT2D eigenvalue weighted by molar-refractivity contribution is -0.165. The van der Waals surface area contributed by atoms with E-state index in [9.17, 15) is 13.6 Å². The molecule has 0 saturated carbocycles. The molecule has 0 radical (unpaired) electrons. The number of aliphatic carboxylic acids is 1. The van der Waals surface area contributed by atoms with Gasteiger partial charge in [0.25, 0.3) is 0 Å². The highest BCUT2D eigenvalue weighted by Crippen LogP contribution is 2.23. The molecular weight excluding hydrogens is 310 g/mol. The Morgan fingerprint density at radius 3 is 1.25 bits per heavy atom. The smallest absolute Gasteiger partial charge is 0.374 e. The number of carboxylic acids is 1. The summed E-state index contributed by atoms with van der Waals surface area (Å²) in [5.74, 6) is -5.55. The topological polar surface area (TPSA) is 37.3 Å². The van der Waals surface area contributed by atoms with Crippen LogP contribution in [-0.4, -0.2) is 17.0 Å². The van der Waals surface area contributed by atoms with Gasteiger partial charge in [-0.25, -0.2) is 4.79 Å². The molecule has 0 spiro atoms. The van der Waals surface area contributed by atoms with Gasteiger partial charge in [0, 0.05) is 6.42 Å². The van der Waals surface area contributed by atoms with E-state index < -0.39 is 18.3 Å². The van der Waals surface area contributed by atoms with E-state index in [0.717, 1.165) is 12.8 Å². The van der Waals surface area contributed by atoms with Crippen molar-refractivity contribution in [1.29, 1.82) is 0 Å². The van der Waals surface area contributed by atoms with Crippen LogP contribution < -0.4 is 0 Å². The molecule has 0 amide bonds. The second-order valence-electron chi connectivity index (χ2n) is 8.31. The third-order valence-corrected chi connectivity index (χ3v) is 4.48. The summed E-state index contributed by atoms with van der Waals surface area (Å²) >= 11 is 0. The van der Waals surface area contributed by atoms with Crippen molar-refractivity contribution >= 4 is 5.97 Å². The Morgan fingerprint density at radius 1 is 0.667 bits per heavy atom. The van der Waals surface area contributed by atoms with Gasteiger partial charge in [-0.05, 0) is 18.3 Å². The summed E-state index contributed by atoms with van der Waals surface area (Å²) in [5.41, 5.74) is 0.462. The van der Waals surface area contributed by atoms with Crippen molar-refractivity contribution in [2.45, 2.75) is 117 Å². The Hall–Kier alpha value is -0.670. The standard InChI is InChI=1S/C20H38F2O2/c1-19(2,3)16-14-12-10-8-6-4-5-7-9-11-13-15-17-20(21,22)18(23)24/h4-17H2,1-3H3,(H,23,24). The van der Waals surface area contributed by atoms with Crippen molar-refractivity contribution in [3.63, 3.8) is 0 Å². The van der Waals surface area contributed by atoms with Crippen LogP contribution in [0.2, 0.25) is 0 Å². The molecule has 24 heavy (non-hydrogen) atoms. The van der Waals surface area contributed by atoms with Crippen molar-refractivity contribution in [3.8, 4) is 0 Å². The summed E-state index contributed by atoms with van der Waals surface area (Å²) in [6.45, 7) is 6.89. The number of alkyl halides is 2. The van der Waals surface area contributed by atoms with Crippen LogP contribution >= 0.6 is 0 Å². The Labute approximate surface area is 147 Å². The lowest BCUT2D eigenvalue weighted by Gasteiger charge is -2.17. The maximum atomic E-state index is 12.8. The van der Waals surface area contributed by atoms with Gasteiger partial charge in [0.1, 0.15) is 0 Å². The first-order valence-electron chi connectivity index (χ1n) is 9.76. The number of halogens is 2. The predicted molar refractivity (Wildman–Crippen MR) is 96.7 cm³/mol. The van der Waals surface area contributed by atoms with Gasteiger partial charge >= 0.3 is 11.9 Å². The normalized spacial score (nSPS) is 12.5. The molecule has 0 rings (SSSR count). The minimum Gasteiger partial charge on any atom is -0.477 e. The number of carbonyl (C=O) groups is 1. The third kappa shape index (κ3) is 14.9. The predicted octanol–water partition coefficient (Wildman–Crippen LogP) is 7.21. The summed E-state index contributed by atoms with van der Waals surface area (Å²) in [6.07, 6.45) is 14.1. The van der Waals surface area contributed by atoms with Crippen LogP contribution in [0.15, 0.2) is 0 Å². The molecule has 0 fully saturated rings. The summed E-state index contributed by atoms with van der Waals surface area (Å²) in [6, 6.07) is 0. The molecule has 0 aromatic carbocycles. The minimum atomic E-state index is -3.55. The van der Waals surface area contributed by atoms with Crippen LogP contribution in [0.3, 0.4) is 0 Å². The Morgan fingerprint density at radius 2 is 0.958 bits per heavy atom. The molecule has 144 valence electrons. The van der Waals surface area contributed by atoms with E-state index >= 15 is 0 Å². The zero-order chi connectivity index (χ0) is 18.5. The molecule has 0 aromatic heterocycles. The third-order valence-electron chi connectivity index (χ3n) is 4.48. The highest BCUT2D eigenvalue weighted by Gasteiger charge is 2.37. The first-order chi connectivity index (χ1) is 11.2. The molecule has 0 aliphatic rings. The molecule has 0 aliphatic heterocycles. The minimum absolute atomic E-state index is 0.299. The van der Waals surface area contributed by atoms with Crippen LogP contribution in [0.25, 0.3) is 0 Å². The summed E-state index contributed by atoms with van der Waals surface area (Å²) in [7, 11) is 0. The van der Waals surface area contributed by atoms with Gasteiger partial charge in [-0.1, -0.05) is 91.4 Å². The molecule has 0 saturated heterocycles. The molecule has 0 aromatic rings. The van der Waals surface area contributed by atoms with Gasteiger partial charge in [-0.3, -0.25) is 0 Å².